The predicted molar refractivity (Wildman–Crippen MR) is 240 cm³/mol. The van der Waals surface area contributed by atoms with Crippen molar-refractivity contribution in [2.75, 3.05) is 62.1 Å². The van der Waals surface area contributed by atoms with Gasteiger partial charge < -0.3 is 29.3 Å². The molecule has 1 atom stereocenters. The van der Waals surface area contributed by atoms with Gasteiger partial charge in [-0.15, -0.1) is 0 Å². The van der Waals surface area contributed by atoms with E-state index in [1.54, 1.807) is 47.4 Å². The van der Waals surface area contributed by atoms with Crippen molar-refractivity contribution in [1.29, 1.82) is 0 Å². The molecule has 11 nitrogen and oxygen atoms in total. The van der Waals surface area contributed by atoms with Crippen LogP contribution in [-0.4, -0.2) is 81.6 Å². The highest BCUT2D eigenvalue weighted by atomic mass is 16.5. The third kappa shape index (κ3) is 14.3. The van der Waals surface area contributed by atoms with Gasteiger partial charge in [0.15, 0.2) is 11.8 Å². The van der Waals surface area contributed by atoms with Crippen molar-refractivity contribution in [2.45, 2.75) is 125 Å². The number of nitrogens with one attached hydrogen (secondary N) is 1. The van der Waals surface area contributed by atoms with Gasteiger partial charge in [-0.25, -0.2) is 9.59 Å². The molecule has 0 spiro atoms. The number of anilines is 3. The van der Waals surface area contributed by atoms with Gasteiger partial charge in [-0.2, -0.15) is 0 Å². The number of ether oxygens (including phenoxy) is 3. The number of ketones is 1. The minimum atomic E-state index is -1.65. The van der Waals surface area contributed by atoms with Gasteiger partial charge in [-0.3, -0.25) is 14.5 Å². The van der Waals surface area contributed by atoms with E-state index in [4.69, 9.17) is 14.2 Å². The van der Waals surface area contributed by atoms with Crippen LogP contribution >= 0.6 is 0 Å². The number of benzene rings is 3. The fourth-order valence-corrected chi connectivity index (χ4v) is 7.29. The van der Waals surface area contributed by atoms with E-state index in [0.717, 1.165) is 38.0 Å². The van der Waals surface area contributed by atoms with Crippen LogP contribution in [0.3, 0.4) is 0 Å². The molecule has 11 heteroatoms. The summed E-state index contributed by atoms with van der Waals surface area (Å²) >= 11 is 0. The van der Waals surface area contributed by atoms with Gasteiger partial charge in [-0.05, 0) is 107 Å². The number of esters is 1. The van der Waals surface area contributed by atoms with Crippen LogP contribution < -0.4 is 24.6 Å². The van der Waals surface area contributed by atoms with E-state index in [-0.39, 0.29) is 29.2 Å². The first kappa shape index (κ1) is 48.3. The Morgan fingerprint density at radius 1 is 0.644 bits per heavy atom. The van der Waals surface area contributed by atoms with E-state index in [9.17, 15) is 19.2 Å². The first-order valence-corrected chi connectivity index (χ1v) is 21.9. The fourth-order valence-electron chi connectivity index (χ4n) is 7.29. The number of urea groups is 1. The third-order valence-electron chi connectivity index (χ3n) is 10.9. The van der Waals surface area contributed by atoms with Crippen molar-refractivity contribution in [1.82, 2.24) is 4.90 Å². The summed E-state index contributed by atoms with van der Waals surface area (Å²) in [5, 5.41) is 2.86. The summed E-state index contributed by atoms with van der Waals surface area (Å²) < 4.78 is 16.6. The maximum absolute atomic E-state index is 14.8. The number of nitrogens with zero attached hydrogens (tertiary/aromatic N) is 3. The Morgan fingerprint density at radius 2 is 1.22 bits per heavy atom. The van der Waals surface area contributed by atoms with Crippen LogP contribution in [0.25, 0.3) is 0 Å². The van der Waals surface area contributed by atoms with Gasteiger partial charge in [0, 0.05) is 43.1 Å². The molecule has 59 heavy (non-hydrogen) atoms. The Kier molecular flexibility index (Phi) is 21.4. The zero-order chi connectivity index (χ0) is 43.2. The van der Waals surface area contributed by atoms with Crippen molar-refractivity contribution in [3.8, 4) is 11.5 Å². The van der Waals surface area contributed by atoms with Crippen LogP contribution in [0.1, 0.15) is 138 Å². The monoisotopic (exact) mass is 815 g/mol. The molecule has 0 fully saturated rings. The number of unbranched alkanes of at least 4 members (excludes halogenated alkanes) is 11. The lowest BCUT2D eigenvalue weighted by atomic mass is 9.99. The summed E-state index contributed by atoms with van der Waals surface area (Å²) in [6.07, 6.45) is 14.5. The number of hydrogen-bond acceptors (Lipinski definition) is 8. The van der Waals surface area contributed by atoms with Crippen molar-refractivity contribution in [3.63, 3.8) is 0 Å². The number of rotatable bonds is 27. The van der Waals surface area contributed by atoms with Crippen molar-refractivity contribution < 1.29 is 33.4 Å². The van der Waals surface area contributed by atoms with Gasteiger partial charge in [-0.1, -0.05) is 77.6 Å². The number of carbonyl (C=O) groups is 4. The highest BCUT2D eigenvalue weighted by Crippen LogP contribution is 2.32. The average molecular weight is 815 g/mol. The van der Waals surface area contributed by atoms with Crippen LogP contribution in [0.2, 0.25) is 0 Å². The Hall–Kier alpha value is -5.06. The number of amides is 3. The number of methoxy groups -OCH3 is 2. The molecule has 324 valence electrons. The molecule has 0 bridgehead atoms. The molecule has 3 rings (SSSR count). The first-order chi connectivity index (χ1) is 28.6. The van der Waals surface area contributed by atoms with Crippen molar-refractivity contribution in [2.24, 2.45) is 0 Å². The molecule has 3 amide bonds. The van der Waals surface area contributed by atoms with E-state index >= 15 is 0 Å². The highest BCUT2D eigenvalue weighted by molar-refractivity contribution is 6.23. The van der Waals surface area contributed by atoms with Crippen LogP contribution in [0.4, 0.5) is 21.9 Å². The Bertz CT molecular complexity index is 1750. The van der Waals surface area contributed by atoms with Gasteiger partial charge in [0.1, 0.15) is 11.5 Å². The summed E-state index contributed by atoms with van der Waals surface area (Å²) in [6.45, 7) is 14.5. The van der Waals surface area contributed by atoms with E-state index in [1.165, 1.54) is 83.0 Å². The summed E-state index contributed by atoms with van der Waals surface area (Å²) in [5.74, 6) is -1.10. The third-order valence-corrected chi connectivity index (χ3v) is 10.9. The normalized spacial score (nSPS) is 11.4. The number of aryl methyl sites for hydroxylation is 1. The van der Waals surface area contributed by atoms with Crippen LogP contribution in [0, 0.1) is 6.92 Å². The van der Waals surface area contributed by atoms with Gasteiger partial charge in [0.05, 0.1) is 32.1 Å². The lowest BCUT2D eigenvalue weighted by Gasteiger charge is -2.35. The van der Waals surface area contributed by atoms with Crippen molar-refractivity contribution >= 4 is 40.8 Å². The molecule has 0 aliphatic rings. The number of hydrogen-bond donors (Lipinski definition) is 1. The SMILES string of the molecule is CCCCCCCCCCCCCCOC(=O)c1ccc(OC)c(NC(=O)C(C(=O)c2ccc(OC)cc2)N(C(=O)N(CC)CC)c2ccc(N(CC)CC)cc2C)c1. The molecule has 0 saturated carbocycles. The molecule has 0 radical (unpaired) electrons. The molecule has 3 aromatic rings. The largest absolute Gasteiger partial charge is 0.497 e. The molecule has 3 aromatic carbocycles. The molecule has 0 saturated heterocycles. The second kappa shape index (κ2) is 26.1. The van der Waals surface area contributed by atoms with Crippen LogP contribution in [0.15, 0.2) is 60.7 Å². The second-order valence-corrected chi connectivity index (χ2v) is 14.9. The standard InChI is InChI=1S/C48H70N4O7/c1-9-14-15-16-17-18-19-20-21-22-23-24-33-59-47(55)38-27-32-43(58-8)41(35-38)49-46(54)44(45(53)37-25-29-40(57-7)30-26-37)52(48(56)51(12-4)13-5)42-31-28-39(34-36(42)6)50(10-2)11-3/h25-32,34-35,44H,9-24,33H2,1-8H3,(H,49,54). The topological polar surface area (TPSA) is 118 Å². The first-order valence-electron chi connectivity index (χ1n) is 21.9. The zero-order valence-electron chi connectivity index (χ0n) is 37.1. The molecular formula is C48H70N4O7. The Balaban J connectivity index is 1.89. The highest BCUT2D eigenvalue weighted by Gasteiger charge is 2.40. The summed E-state index contributed by atoms with van der Waals surface area (Å²) in [5.41, 5.74) is 2.68. The van der Waals surface area contributed by atoms with E-state index < -0.39 is 29.7 Å². The maximum atomic E-state index is 14.8. The number of Topliss-reactive ketones (excluding diaryl/α,β-unsaturated/α-hetero) is 1. The van der Waals surface area contributed by atoms with E-state index in [2.05, 4.69) is 31.0 Å². The van der Waals surface area contributed by atoms with Crippen molar-refractivity contribution in [3.05, 3.63) is 77.4 Å². The average Bonchev–Trinajstić information content (AvgIpc) is 3.25. The molecule has 1 unspecified atom stereocenters. The molecular weight excluding hydrogens is 745 g/mol. The lowest BCUT2D eigenvalue weighted by molar-refractivity contribution is -0.116. The Labute approximate surface area is 353 Å². The summed E-state index contributed by atoms with van der Waals surface area (Å²) in [6, 6.07) is 14.6. The number of carbonyl (C=O) groups excluding carboxylic acids is 4. The Morgan fingerprint density at radius 3 is 1.75 bits per heavy atom. The van der Waals surface area contributed by atoms with Gasteiger partial charge >= 0.3 is 12.0 Å². The summed E-state index contributed by atoms with van der Waals surface area (Å²) in [7, 11) is 2.98. The fraction of sp³-hybridized carbons (Fsp3) is 0.542. The quantitative estimate of drug-likeness (QED) is 0.0350. The molecule has 0 heterocycles. The van der Waals surface area contributed by atoms with Gasteiger partial charge in [0.25, 0.3) is 5.91 Å². The minimum Gasteiger partial charge on any atom is -0.497 e. The molecule has 0 aliphatic heterocycles. The minimum absolute atomic E-state index is 0.161. The van der Waals surface area contributed by atoms with E-state index in [0.29, 0.717) is 30.1 Å². The maximum Gasteiger partial charge on any atom is 0.338 e. The predicted octanol–water partition coefficient (Wildman–Crippen LogP) is 10.9. The smallest absolute Gasteiger partial charge is 0.338 e. The second-order valence-electron chi connectivity index (χ2n) is 14.9. The molecule has 0 aliphatic carbocycles. The van der Waals surface area contributed by atoms with E-state index in [1.807, 2.05) is 32.9 Å². The van der Waals surface area contributed by atoms with Crippen LogP contribution in [-0.2, 0) is 9.53 Å². The molecule has 1 N–H and O–H groups in total. The molecule has 0 aromatic heterocycles. The summed E-state index contributed by atoms with van der Waals surface area (Å²) in [4.78, 5) is 62.3. The zero-order valence-corrected chi connectivity index (χ0v) is 37.1. The van der Waals surface area contributed by atoms with Crippen LogP contribution in [0.5, 0.6) is 11.5 Å². The lowest BCUT2D eigenvalue weighted by Crippen LogP contribution is -2.56. The van der Waals surface area contributed by atoms with Gasteiger partial charge in [0.2, 0.25) is 0 Å².